The third-order valence-electron chi connectivity index (χ3n) is 2.09. The van der Waals surface area contributed by atoms with E-state index in [4.69, 9.17) is 0 Å². The maximum Gasteiger partial charge on any atom is 0.410 e. The van der Waals surface area contributed by atoms with Gasteiger partial charge in [-0.1, -0.05) is 30.3 Å². The number of rotatable bonds is 2. The Bertz CT molecular complexity index is 382. The molecule has 1 unspecified atom stereocenters. The molecule has 0 saturated carbocycles. The van der Waals surface area contributed by atoms with Crippen LogP contribution < -0.4 is 0 Å². The highest BCUT2D eigenvalue weighted by Crippen LogP contribution is 2.36. The predicted octanol–water partition coefficient (Wildman–Crippen LogP) is 3.78. The molecular weight excluding hydrogens is 332 g/mol. The van der Waals surface area contributed by atoms with E-state index in [9.17, 15) is 18.3 Å². The normalized spacial score (nSPS) is 17.0. The van der Waals surface area contributed by atoms with Crippen LogP contribution >= 0.6 is 22.6 Å². The molecule has 0 radical (unpaired) electrons. The van der Waals surface area contributed by atoms with Gasteiger partial charge in [-0.3, -0.25) is 0 Å². The van der Waals surface area contributed by atoms with E-state index in [1.165, 1.54) is 29.5 Å². The molecule has 0 fully saturated rings. The lowest BCUT2D eigenvalue weighted by Gasteiger charge is -2.24. The van der Waals surface area contributed by atoms with E-state index in [0.29, 0.717) is 5.56 Å². The van der Waals surface area contributed by atoms with Crippen LogP contribution in [0, 0.1) is 0 Å². The number of hydrogen-bond donors (Lipinski definition) is 1. The summed E-state index contributed by atoms with van der Waals surface area (Å²) in [6, 6.07) is 8.24. The second-order valence-electron chi connectivity index (χ2n) is 3.47. The molecule has 1 aromatic rings. The van der Waals surface area contributed by atoms with Crippen molar-refractivity contribution in [2.24, 2.45) is 0 Å². The highest BCUT2D eigenvalue weighted by atomic mass is 127. The summed E-state index contributed by atoms with van der Waals surface area (Å²) in [6.07, 6.45) is -4.31. The molecule has 0 aromatic heterocycles. The van der Waals surface area contributed by atoms with E-state index in [1.807, 2.05) is 0 Å². The predicted molar refractivity (Wildman–Crippen MR) is 64.2 cm³/mol. The number of alkyl halides is 3. The molecule has 1 nitrogen and oxygen atoms in total. The van der Waals surface area contributed by atoms with E-state index < -0.39 is 11.8 Å². The van der Waals surface area contributed by atoms with E-state index in [0.717, 1.165) is 0 Å². The minimum Gasteiger partial charge on any atom is -0.380 e. The summed E-state index contributed by atoms with van der Waals surface area (Å²) < 4.78 is 36.3. The average Bonchev–Trinajstić information content (AvgIpc) is 2.16. The maximum atomic E-state index is 12.2. The summed E-state index contributed by atoms with van der Waals surface area (Å²) in [6.45, 7) is 1.34. The second-order valence-corrected chi connectivity index (χ2v) is 4.63. The molecule has 1 aromatic carbocycles. The number of aliphatic hydroxyl groups is 1. The van der Waals surface area contributed by atoms with E-state index in [-0.39, 0.29) is 9.66 Å². The van der Waals surface area contributed by atoms with Crippen molar-refractivity contribution < 1.29 is 18.3 Å². The van der Waals surface area contributed by atoms with Crippen molar-refractivity contribution in [2.75, 3.05) is 0 Å². The van der Waals surface area contributed by atoms with Gasteiger partial charge in [0.15, 0.2) is 0 Å². The lowest BCUT2D eigenvalue weighted by molar-refractivity contribution is -0.0815. The summed E-state index contributed by atoms with van der Waals surface area (Å²) in [5.41, 5.74) is -1.18. The molecule has 1 atom stereocenters. The standard InChI is InChI=1S/C11H10F3IO/c1-10(16,8-5-3-2-4-6-8)9(15)7-11(12,13)14/h2-7,16H,1H3/b9-7-. The first-order valence-corrected chi connectivity index (χ1v) is 5.55. The molecule has 0 amide bonds. The summed E-state index contributed by atoms with van der Waals surface area (Å²) in [5, 5.41) is 10.0. The van der Waals surface area contributed by atoms with E-state index in [1.54, 1.807) is 30.3 Å². The molecule has 5 heteroatoms. The van der Waals surface area contributed by atoms with Crippen LogP contribution in [0.15, 0.2) is 40.0 Å². The van der Waals surface area contributed by atoms with Gasteiger partial charge < -0.3 is 5.11 Å². The molecule has 0 aliphatic rings. The number of benzene rings is 1. The van der Waals surface area contributed by atoms with Gasteiger partial charge in [0.05, 0.1) is 0 Å². The van der Waals surface area contributed by atoms with Crippen LogP contribution in [0.2, 0.25) is 0 Å². The highest BCUT2D eigenvalue weighted by molar-refractivity contribution is 14.1. The fourth-order valence-corrected chi connectivity index (χ4v) is 1.85. The summed E-state index contributed by atoms with van der Waals surface area (Å²) in [7, 11) is 0. The quantitative estimate of drug-likeness (QED) is 0.812. The van der Waals surface area contributed by atoms with Gasteiger partial charge in [-0.25, -0.2) is 0 Å². The zero-order chi connectivity index (χ0) is 12.4. The monoisotopic (exact) mass is 342 g/mol. The van der Waals surface area contributed by atoms with Crippen LogP contribution in [0.3, 0.4) is 0 Å². The summed E-state index contributed by atoms with van der Waals surface area (Å²) in [4.78, 5) is 0. The van der Waals surface area contributed by atoms with Crippen LogP contribution in [-0.2, 0) is 5.60 Å². The van der Waals surface area contributed by atoms with Crippen LogP contribution in [-0.4, -0.2) is 11.3 Å². The van der Waals surface area contributed by atoms with Crippen molar-refractivity contribution in [3.8, 4) is 0 Å². The first kappa shape index (κ1) is 13.5. The Balaban J connectivity index is 3.08. The van der Waals surface area contributed by atoms with Crippen LogP contribution in [0.4, 0.5) is 13.2 Å². The first-order chi connectivity index (χ1) is 7.23. The Morgan fingerprint density at radius 1 is 1.25 bits per heavy atom. The number of allylic oxidation sites excluding steroid dienone is 1. The van der Waals surface area contributed by atoms with Crippen molar-refractivity contribution in [1.82, 2.24) is 0 Å². The van der Waals surface area contributed by atoms with Gasteiger partial charge in [0, 0.05) is 9.66 Å². The smallest absolute Gasteiger partial charge is 0.380 e. The summed E-state index contributed by atoms with van der Waals surface area (Å²) >= 11 is 1.50. The van der Waals surface area contributed by atoms with Gasteiger partial charge in [0.2, 0.25) is 0 Å². The Kier molecular flexibility index (Phi) is 4.01. The lowest BCUT2D eigenvalue weighted by Crippen LogP contribution is -2.22. The first-order valence-electron chi connectivity index (χ1n) is 4.47. The molecule has 16 heavy (non-hydrogen) atoms. The van der Waals surface area contributed by atoms with E-state index >= 15 is 0 Å². The van der Waals surface area contributed by atoms with Gasteiger partial charge in [-0.05, 0) is 35.1 Å². The molecule has 0 saturated heterocycles. The maximum absolute atomic E-state index is 12.2. The molecule has 0 bridgehead atoms. The van der Waals surface area contributed by atoms with Crippen molar-refractivity contribution in [3.63, 3.8) is 0 Å². The molecule has 0 heterocycles. The van der Waals surface area contributed by atoms with Gasteiger partial charge in [-0.15, -0.1) is 0 Å². The van der Waals surface area contributed by atoms with Crippen molar-refractivity contribution in [2.45, 2.75) is 18.7 Å². The zero-order valence-electron chi connectivity index (χ0n) is 8.42. The van der Waals surface area contributed by atoms with Crippen LogP contribution in [0.5, 0.6) is 0 Å². The Labute approximate surface area is 105 Å². The van der Waals surface area contributed by atoms with Crippen LogP contribution in [0.1, 0.15) is 12.5 Å². The largest absolute Gasteiger partial charge is 0.410 e. The van der Waals surface area contributed by atoms with Gasteiger partial charge in [0.25, 0.3) is 0 Å². The summed E-state index contributed by atoms with van der Waals surface area (Å²) in [5.74, 6) is 0. The third kappa shape index (κ3) is 3.48. The molecule has 1 rings (SSSR count). The van der Waals surface area contributed by atoms with Crippen molar-refractivity contribution in [3.05, 3.63) is 45.6 Å². The lowest BCUT2D eigenvalue weighted by atomic mass is 9.95. The molecule has 1 N–H and O–H groups in total. The Morgan fingerprint density at radius 3 is 2.19 bits per heavy atom. The molecular formula is C11H10F3IO. The minimum atomic E-state index is -4.42. The molecule has 0 spiro atoms. The SMILES string of the molecule is CC(O)(/C(I)=C/C(F)(F)F)c1ccccc1. The van der Waals surface area contributed by atoms with Gasteiger partial charge >= 0.3 is 6.18 Å². The van der Waals surface area contributed by atoms with E-state index in [2.05, 4.69) is 0 Å². The second kappa shape index (κ2) is 4.75. The molecule has 0 aliphatic heterocycles. The highest BCUT2D eigenvalue weighted by Gasteiger charge is 2.32. The topological polar surface area (TPSA) is 20.2 Å². The Hall–Kier alpha value is -0.560. The number of halogens is 4. The van der Waals surface area contributed by atoms with Crippen molar-refractivity contribution >= 4 is 22.6 Å². The Morgan fingerprint density at radius 2 is 1.75 bits per heavy atom. The number of hydrogen-bond acceptors (Lipinski definition) is 1. The molecule has 88 valence electrons. The zero-order valence-corrected chi connectivity index (χ0v) is 10.6. The minimum absolute atomic E-state index is 0.112. The fourth-order valence-electron chi connectivity index (χ4n) is 1.18. The van der Waals surface area contributed by atoms with Crippen molar-refractivity contribution in [1.29, 1.82) is 0 Å². The van der Waals surface area contributed by atoms with Gasteiger partial charge in [-0.2, -0.15) is 13.2 Å². The third-order valence-corrected chi connectivity index (χ3v) is 3.45. The van der Waals surface area contributed by atoms with Crippen LogP contribution in [0.25, 0.3) is 0 Å². The fraction of sp³-hybridized carbons (Fsp3) is 0.273. The molecule has 0 aliphatic carbocycles. The van der Waals surface area contributed by atoms with Gasteiger partial charge in [0.1, 0.15) is 5.60 Å². The average molecular weight is 342 g/mol.